The molecule has 0 unspecified atom stereocenters. The molecule has 0 aliphatic carbocycles. The largest absolute Gasteiger partial charge is 0.373 e. The van der Waals surface area contributed by atoms with Crippen LogP contribution in [0.2, 0.25) is 0 Å². The molecule has 0 aromatic carbocycles. The summed E-state index contributed by atoms with van der Waals surface area (Å²) in [6.45, 7) is 0.420. The van der Waals surface area contributed by atoms with Crippen molar-refractivity contribution < 1.29 is 0 Å². The van der Waals surface area contributed by atoms with Crippen LogP contribution in [0.3, 0.4) is 0 Å². The van der Waals surface area contributed by atoms with Gasteiger partial charge in [-0.25, -0.2) is 9.67 Å². The van der Waals surface area contributed by atoms with E-state index in [-0.39, 0.29) is 5.56 Å². The SMILES string of the molecule is CNc1ncccc1Cn1ncccc1=O. The molecular formula is C11H12N4O. The van der Waals surface area contributed by atoms with Gasteiger partial charge in [0.2, 0.25) is 0 Å². The van der Waals surface area contributed by atoms with Crippen LogP contribution in [0, 0.1) is 0 Å². The minimum atomic E-state index is -0.117. The summed E-state index contributed by atoms with van der Waals surface area (Å²) in [5.41, 5.74) is 0.819. The van der Waals surface area contributed by atoms with Crippen LogP contribution >= 0.6 is 0 Å². The summed E-state index contributed by atoms with van der Waals surface area (Å²) in [4.78, 5) is 15.7. The van der Waals surface area contributed by atoms with Crippen molar-refractivity contribution in [3.05, 3.63) is 52.6 Å². The van der Waals surface area contributed by atoms with E-state index in [4.69, 9.17) is 0 Å². The number of anilines is 1. The number of hydrogen-bond acceptors (Lipinski definition) is 4. The molecule has 16 heavy (non-hydrogen) atoms. The molecule has 0 atom stereocenters. The van der Waals surface area contributed by atoms with Gasteiger partial charge in [0, 0.05) is 31.1 Å². The van der Waals surface area contributed by atoms with E-state index in [1.165, 1.54) is 10.7 Å². The quantitative estimate of drug-likeness (QED) is 0.821. The molecule has 82 valence electrons. The molecular weight excluding hydrogens is 204 g/mol. The summed E-state index contributed by atoms with van der Waals surface area (Å²) in [5.74, 6) is 0.764. The van der Waals surface area contributed by atoms with Gasteiger partial charge in [-0.1, -0.05) is 6.07 Å². The van der Waals surface area contributed by atoms with E-state index in [1.54, 1.807) is 25.5 Å². The minimum Gasteiger partial charge on any atom is -0.373 e. The predicted octanol–water partition coefficient (Wildman–Crippen LogP) is 0.728. The number of nitrogens with zero attached hydrogens (tertiary/aromatic N) is 3. The Kier molecular flexibility index (Phi) is 2.95. The number of aromatic nitrogens is 3. The highest BCUT2D eigenvalue weighted by atomic mass is 16.1. The Bertz CT molecular complexity index is 535. The van der Waals surface area contributed by atoms with Crippen LogP contribution in [0.5, 0.6) is 0 Å². The van der Waals surface area contributed by atoms with E-state index in [1.807, 2.05) is 12.1 Å². The minimum absolute atomic E-state index is 0.117. The van der Waals surface area contributed by atoms with Gasteiger partial charge in [0.25, 0.3) is 5.56 Å². The van der Waals surface area contributed by atoms with Crippen LogP contribution in [0.1, 0.15) is 5.56 Å². The van der Waals surface area contributed by atoms with Crippen molar-refractivity contribution in [1.82, 2.24) is 14.8 Å². The maximum Gasteiger partial charge on any atom is 0.267 e. The maximum absolute atomic E-state index is 11.5. The Morgan fingerprint density at radius 3 is 2.88 bits per heavy atom. The van der Waals surface area contributed by atoms with Gasteiger partial charge < -0.3 is 5.32 Å². The van der Waals surface area contributed by atoms with E-state index >= 15 is 0 Å². The van der Waals surface area contributed by atoms with Gasteiger partial charge in [-0.2, -0.15) is 5.10 Å². The summed E-state index contributed by atoms with van der Waals surface area (Å²) in [6.07, 6.45) is 3.30. The van der Waals surface area contributed by atoms with Crippen molar-refractivity contribution in [3.63, 3.8) is 0 Å². The average Bonchev–Trinajstić information content (AvgIpc) is 2.33. The molecule has 0 saturated heterocycles. The Morgan fingerprint density at radius 1 is 1.31 bits per heavy atom. The number of hydrogen-bond donors (Lipinski definition) is 1. The summed E-state index contributed by atoms with van der Waals surface area (Å²) in [5, 5.41) is 6.98. The second kappa shape index (κ2) is 4.57. The molecule has 0 aliphatic heterocycles. The van der Waals surface area contributed by atoms with Gasteiger partial charge in [0.15, 0.2) is 0 Å². The maximum atomic E-state index is 11.5. The third-order valence-corrected chi connectivity index (χ3v) is 2.23. The van der Waals surface area contributed by atoms with Crippen molar-refractivity contribution in [2.45, 2.75) is 6.54 Å². The lowest BCUT2D eigenvalue weighted by Crippen LogP contribution is -2.22. The third-order valence-electron chi connectivity index (χ3n) is 2.23. The topological polar surface area (TPSA) is 59.8 Å². The predicted molar refractivity (Wildman–Crippen MR) is 61.4 cm³/mol. The van der Waals surface area contributed by atoms with Crippen LogP contribution in [0.15, 0.2) is 41.5 Å². The zero-order valence-electron chi connectivity index (χ0n) is 8.92. The molecule has 2 heterocycles. The highest BCUT2D eigenvalue weighted by molar-refractivity contribution is 5.42. The van der Waals surface area contributed by atoms with Crippen molar-refractivity contribution in [2.75, 3.05) is 12.4 Å². The summed E-state index contributed by atoms with van der Waals surface area (Å²) < 4.78 is 1.40. The molecule has 0 fully saturated rings. The molecule has 0 amide bonds. The van der Waals surface area contributed by atoms with Crippen LogP contribution in [0.25, 0.3) is 0 Å². The first-order valence-electron chi connectivity index (χ1n) is 4.95. The molecule has 1 N–H and O–H groups in total. The standard InChI is InChI=1S/C11H12N4O/c1-12-11-9(4-2-6-13-11)8-15-10(16)5-3-7-14-15/h2-7H,8H2,1H3,(H,12,13). The van der Waals surface area contributed by atoms with Crippen LogP contribution < -0.4 is 10.9 Å². The van der Waals surface area contributed by atoms with Crippen molar-refractivity contribution in [1.29, 1.82) is 0 Å². The van der Waals surface area contributed by atoms with E-state index < -0.39 is 0 Å². The molecule has 0 aliphatic rings. The second-order valence-electron chi connectivity index (χ2n) is 3.28. The average molecular weight is 216 g/mol. The molecule has 2 aromatic heterocycles. The van der Waals surface area contributed by atoms with E-state index in [2.05, 4.69) is 15.4 Å². The second-order valence-corrected chi connectivity index (χ2v) is 3.28. The molecule has 0 spiro atoms. The molecule has 0 saturated carbocycles. The Hall–Kier alpha value is -2.17. The fourth-order valence-electron chi connectivity index (χ4n) is 1.46. The lowest BCUT2D eigenvalue weighted by atomic mass is 10.2. The van der Waals surface area contributed by atoms with Crippen molar-refractivity contribution in [2.24, 2.45) is 0 Å². The highest BCUT2D eigenvalue weighted by Gasteiger charge is 2.03. The molecule has 5 heteroatoms. The van der Waals surface area contributed by atoms with Crippen molar-refractivity contribution in [3.8, 4) is 0 Å². The number of pyridine rings is 1. The van der Waals surface area contributed by atoms with Crippen LogP contribution in [0.4, 0.5) is 5.82 Å². The third kappa shape index (κ3) is 2.08. The molecule has 2 rings (SSSR count). The summed E-state index contributed by atoms with van der Waals surface area (Å²) in [7, 11) is 1.80. The molecule has 0 bridgehead atoms. The fraction of sp³-hybridized carbons (Fsp3) is 0.182. The lowest BCUT2D eigenvalue weighted by Gasteiger charge is -2.08. The van der Waals surface area contributed by atoms with Gasteiger partial charge in [0.1, 0.15) is 5.82 Å². The summed E-state index contributed by atoms with van der Waals surface area (Å²) >= 11 is 0. The summed E-state index contributed by atoms with van der Waals surface area (Å²) in [6, 6.07) is 6.87. The first-order valence-corrected chi connectivity index (χ1v) is 4.95. The first-order chi connectivity index (χ1) is 7.81. The highest BCUT2D eigenvalue weighted by Crippen LogP contribution is 2.10. The van der Waals surface area contributed by atoms with Crippen LogP contribution in [-0.2, 0) is 6.54 Å². The zero-order valence-corrected chi connectivity index (χ0v) is 8.92. The fourth-order valence-corrected chi connectivity index (χ4v) is 1.46. The van der Waals surface area contributed by atoms with Gasteiger partial charge in [-0.15, -0.1) is 0 Å². The molecule has 2 aromatic rings. The molecule has 5 nitrogen and oxygen atoms in total. The van der Waals surface area contributed by atoms with E-state index in [9.17, 15) is 4.79 Å². The Balaban J connectivity index is 2.34. The Labute approximate surface area is 92.8 Å². The monoisotopic (exact) mass is 216 g/mol. The normalized spacial score (nSPS) is 10.1. The number of nitrogens with one attached hydrogen (secondary N) is 1. The smallest absolute Gasteiger partial charge is 0.267 e. The molecule has 0 radical (unpaired) electrons. The van der Waals surface area contributed by atoms with Gasteiger partial charge >= 0.3 is 0 Å². The number of rotatable bonds is 3. The first kappa shape index (κ1) is 10.4. The van der Waals surface area contributed by atoms with Crippen LogP contribution in [-0.4, -0.2) is 21.8 Å². The van der Waals surface area contributed by atoms with E-state index in [0.717, 1.165) is 11.4 Å². The zero-order chi connectivity index (χ0) is 11.4. The Morgan fingerprint density at radius 2 is 2.12 bits per heavy atom. The lowest BCUT2D eigenvalue weighted by molar-refractivity contribution is 0.638. The van der Waals surface area contributed by atoms with Crippen molar-refractivity contribution >= 4 is 5.82 Å². The van der Waals surface area contributed by atoms with E-state index in [0.29, 0.717) is 6.54 Å². The van der Waals surface area contributed by atoms with Gasteiger partial charge in [-0.05, 0) is 12.1 Å². The van der Waals surface area contributed by atoms with Gasteiger partial charge in [-0.3, -0.25) is 4.79 Å². The van der Waals surface area contributed by atoms with Gasteiger partial charge in [0.05, 0.1) is 6.54 Å².